The Balaban J connectivity index is 1.68. The number of nitrogens with zero attached hydrogens (tertiary/aromatic N) is 3. The first kappa shape index (κ1) is 30.3. The molecule has 0 saturated carbocycles. The monoisotopic (exact) mass is 552 g/mol. The van der Waals surface area contributed by atoms with Crippen molar-refractivity contribution in [2.45, 2.75) is 65.2 Å². The minimum Gasteiger partial charge on any atom is -0.497 e. The van der Waals surface area contributed by atoms with E-state index in [0.717, 1.165) is 37.1 Å². The predicted octanol–water partition coefficient (Wildman–Crippen LogP) is 5.64. The highest BCUT2D eigenvalue weighted by atomic mass is 35.5. The molecule has 0 aliphatic rings. The Morgan fingerprint density at radius 2 is 1.72 bits per heavy atom. The molecule has 1 heterocycles. The van der Waals surface area contributed by atoms with Gasteiger partial charge in [-0.3, -0.25) is 14.8 Å². The van der Waals surface area contributed by atoms with E-state index in [0.29, 0.717) is 46.7 Å². The Morgan fingerprint density at radius 1 is 1.05 bits per heavy atom. The molecule has 3 rings (SSSR count). The van der Waals surface area contributed by atoms with Crippen LogP contribution in [0.1, 0.15) is 74.6 Å². The molecular formula is C30H41ClN6O2. The molecule has 9 heteroatoms. The molecule has 0 fully saturated rings. The maximum Gasteiger partial charge on any atom is 0.223 e. The van der Waals surface area contributed by atoms with Gasteiger partial charge in [-0.2, -0.15) is 0 Å². The number of methoxy groups -OCH3 is 1. The normalized spacial score (nSPS) is 11.8. The number of aromatic nitrogens is 3. The maximum absolute atomic E-state index is 12.8. The zero-order valence-corrected chi connectivity index (χ0v) is 24.1. The number of carbonyl (C=O) groups excluding carboxylic acids is 1. The number of amides is 1. The maximum atomic E-state index is 12.8. The Kier molecular flexibility index (Phi) is 12.0. The SMILES string of the molecule is COc1ccc(-n2c(C)nnc2C[C@@H](C)C(=O)NCCCCCCCCCN)c(C(=N)c2ccc(Cl)cc2)c1. The molecule has 0 radical (unpaired) electrons. The summed E-state index contributed by atoms with van der Waals surface area (Å²) in [5, 5.41) is 21.3. The lowest BCUT2D eigenvalue weighted by atomic mass is 9.99. The second kappa shape index (κ2) is 15.4. The fraction of sp³-hybridized carbons (Fsp3) is 0.467. The Bertz CT molecular complexity index is 1220. The van der Waals surface area contributed by atoms with E-state index in [9.17, 15) is 4.79 Å². The van der Waals surface area contributed by atoms with E-state index in [1.54, 1.807) is 19.2 Å². The first-order valence-corrected chi connectivity index (χ1v) is 14.2. The zero-order valence-electron chi connectivity index (χ0n) is 23.3. The molecule has 0 aliphatic heterocycles. The standard InChI is InChI=1S/C30H41ClN6O2/c1-21(30(38)34-18-10-8-6-4-5-7-9-17-32)19-28-36-35-22(2)37(28)27-16-15-25(39-3)20-26(27)29(33)23-11-13-24(31)14-12-23/h11-16,20-21,33H,4-10,17-19,32H2,1-3H3,(H,34,38)/t21-/m1/s1. The van der Waals surface area contributed by atoms with Crippen molar-refractivity contribution in [2.24, 2.45) is 11.7 Å². The van der Waals surface area contributed by atoms with Gasteiger partial charge in [-0.05, 0) is 56.6 Å². The molecule has 210 valence electrons. The van der Waals surface area contributed by atoms with E-state index in [-0.39, 0.29) is 11.8 Å². The number of halogens is 1. The van der Waals surface area contributed by atoms with Crippen LogP contribution < -0.4 is 15.8 Å². The van der Waals surface area contributed by atoms with Crippen LogP contribution in [0.3, 0.4) is 0 Å². The molecule has 2 aromatic carbocycles. The molecule has 0 spiro atoms. The van der Waals surface area contributed by atoms with E-state index in [1.165, 1.54) is 25.7 Å². The summed E-state index contributed by atoms with van der Waals surface area (Å²) in [5.74, 6) is 1.72. The lowest BCUT2D eigenvalue weighted by molar-refractivity contribution is -0.124. The topological polar surface area (TPSA) is 119 Å². The number of carbonyl (C=O) groups is 1. The quantitative estimate of drug-likeness (QED) is 0.157. The zero-order chi connectivity index (χ0) is 28.2. The van der Waals surface area contributed by atoms with Crippen LogP contribution in [0.2, 0.25) is 5.02 Å². The number of nitrogens with one attached hydrogen (secondary N) is 2. The number of nitrogens with two attached hydrogens (primary N) is 1. The minimum atomic E-state index is -0.277. The summed E-state index contributed by atoms with van der Waals surface area (Å²) in [6.45, 7) is 5.23. The van der Waals surface area contributed by atoms with E-state index < -0.39 is 0 Å². The Morgan fingerprint density at radius 3 is 2.38 bits per heavy atom. The van der Waals surface area contributed by atoms with Crippen LogP contribution in [-0.4, -0.2) is 46.6 Å². The van der Waals surface area contributed by atoms with Gasteiger partial charge in [0.25, 0.3) is 0 Å². The van der Waals surface area contributed by atoms with E-state index in [2.05, 4.69) is 15.5 Å². The van der Waals surface area contributed by atoms with Crippen molar-refractivity contribution in [3.8, 4) is 11.4 Å². The van der Waals surface area contributed by atoms with Gasteiger partial charge in [0.2, 0.25) is 5.91 Å². The summed E-state index contributed by atoms with van der Waals surface area (Å²) in [5.41, 5.74) is 8.01. The number of unbranched alkanes of at least 4 members (excludes halogenated alkanes) is 6. The van der Waals surface area contributed by atoms with Crippen molar-refractivity contribution in [1.82, 2.24) is 20.1 Å². The number of rotatable bonds is 16. The number of benzene rings is 2. The van der Waals surface area contributed by atoms with Crippen LogP contribution in [0, 0.1) is 18.3 Å². The van der Waals surface area contributed by atoms with Crippen molar-refractivity contribution in [2.75, 3.05) is 20.2 Å². The van der Waals surface area contributed by atoms with Crippen LogP contribution in [0.5, 0.6) is 5.75 Å². The highest BCUT2D eigenvalue weighted by Crippen LogP contribution is 2.27. The third-order valence-corrected chi connectivity index (χ3v) is 7.11. The molecule has 0 saturated heterocycles. The fourth-order valence-electron chi connectivity index (χ4n) is 4.57. The van der Waals surface area contributed by atoms with E-state index in [4.69, 9.17) is 27.5 Å². The second-order valence-corrected chi connectivity index (χ2v) is 10.4. The van der Waals surface area contributed by atoms with Crippen molar-refractivity contribution in [3.05, 3.63) is 70.3 Å². The molecule has 0 aliphatic carbocycles. The van der Waals surface area contributed by atoms with Crippen LogP contribution >= 0.6 is 11.6 Å². The van der Waals surface area contributed by atoms with Gasteiger partial charge in [-0.15, -0.1) is 10.2 Å². The lowest BCUT2D eigenvalue weighted by Gasteiger charge is -2.18. The predicted molar refractivity (Wildman–Crippen MR) is 157 cm³/mol. The third-order valence-electron chi connectivity index (χ3n) is 6.86. The molecule has 1 amide bonds. The summed E-state index contributed by atoms with van der Waals surface area (Å²) in [7, 11) is 1.60. The van der Waals surface area contributed by atoms with Crippen LogP contribution in [0.25, 0.3) is 5.69 Å². The molecule has 39 heavy (non-hydrogen) atoms. The fourth-order valence-corrected chi connectivity index (χ4v) is 4.69. The highest BCUT2D eigenvalue weighted by Gasteiger charge is 2.22. The van der Waals surface area contributed by atoms with Crippen molar-refractivity contribution in [1.29, 1.82) is 5.41 Å². The van der Waals surface area contributed by atoms with Gasteiger partial charge in [0.15, 0.2) is 0 Å². The number of ether oxygens (including phenoxy) is 1. The number of hydrogen-bond donors (Lipinski definition) is 3. The first-order valence-electron chi connectivity index (χ1n) is 13.8. The Hall–Kier alpha value is -3.23. The summed E-state index contributed by atoms with van der Waals surface area (Å²) >= 11 is 6.07. The van der Waals surface area contributed by atoms with Gasteiger partial charge in [0, 0.05) is 35.0 Å². The van der Waals surface area contributed by atoms with Crippen LogP contribution in [0.15, 0.2) is 42.5 Å². The summed E-state index contributed by atoms with van der Waals surface area (Å²) in [6.07, 6.45) is 8.47. The van der Waals surface area contributed by atoms with Gasteiger partial charge in [-0.1, -0.05) is 62.8 Å². The van der Waals surface area contributed by atoms with Crippen molar-refractivity contribution in [3.63, 3.8) is 0 Å². The molecule has 0 bridgehead atoms. The first-order chi connectivity index (χ1) is 18.8. The average molecular weight is 553 g/mol. The largest absolute Gasteiger partial charge is 0.497 e. The van der Waals surface area contributed by atoms with E-state index in [1.807, 2.05) is 48.7 Å². The van der Waals surface area contributed by atoms with Gasteiger partial charge in [0.05, 0.1) is 18.5 Å². The molecule has 3 aromatic rings. The molecule has 4 N–H and O–H groups in total. The highest BCUT2D eigenvalue weighted by molar-refractivity contribution is 6.30. The Labute approximate surface area is 236 Å². The lowest BCUT2D eigenvalue weighted by Crippen LogP contribution is -2.31. The molecule has 0 unspecified atom stereocenters. The third kappa shape index (κ3) is 8.63. The van der Waals surface area contributed by atoms with Gasteiger partial charge in [0.1, 0.15) is 17.4 Å². The van der Waals surface area contributed by atoms with E-state index >= 15 is 0 Å². The van der Waals surface area contributed by atoms with Gasteiger partial charge >= 0.3 is 0 Å². The van der Waals surface area contributed by atoms with Gasteiger partial charge in [-0.25, -0.2) is 0 Å². The van der Waals surface area contributed by atoms with Crippen LogP contribution in [-0.2, 0) is 11.2 Å². The summed E-state index contributed by atoms with van der Waals surface area (Å²) in [4.78, 5) is 12.8. The minimum absolute atomic E-state index is 0.00834. The van der Waals surface area contributed by atoms with Crippen LogP contribution in [0.4, 0.5) is 0 Å². The molecule has 1 aromatic heterocycles. The molecule has 8 nitrogen and oxygen atoms in total. The number of aryl methyl sites for hydroxylation is 1. The van der Waals surface area contributed by atoms with Gasteiger partial charge < -0.3 is 15.8 Å². The van der Waals surface area contributed by atoms with Crippen molar-refractivity contribution >= 4 is 23.2 Å². The second-order valence-electron chi connectivity index (χ2n) is 9.92. The molecule has 1 atom stereocenters. The smallest absolute Gasteiger partial charge is 0.223 e. The summed E-state index contributed by atoms with van der Waals surface area (Å²) < 4.78 is 7.38. The molecular weight excluding hydrogens is 512 g/mol. The van der Waals surface area contributed by atoms with Crippen molar-refractivity contribution < 1.29 is 9.53 Å². The summed E-state index contributed by atoms with van der Waals surface area (Å²) in [6, 6.07) is 12.8. The average Bonchev–Trinajstić information content (AvgIpc) is 3.30. The number of hydrogen-bond acceptors (Lipinski definition) is 6.